The van der Waals surface area contributed by atoms with Crippen LogP contribution >= 0.6 is 0 Å². The van der Waals surface area contributed by atoms with Gasteiger partial charge in [0.2, 0.25) is 0 Å². The Balaban J connectivity index is 2.84. The molecule has 1 aromatic rings. The monoisotopic (exact) mass is 289 g/mol. The predicted molar refractivity (Wildman–Crippen MR) is 69.4 cm³/mol. The number of benzene rings is 1. The third-order valence-electron chi connectivity index (χ3n) is 2.31. The Morgan fingerprint density at radius 2 is 2.11 bits per heavy atom. The third-order valence-corrected chi connectivity index (χ3v) is 3.73. The quantitative estimate of drug-likeness (QED) is 0.560. The molecule has 0 heterocycles. The second-order valence-electron chi connectivity index (χ2n) is 3.87. The van der Waals surface area contributed by atoms with Crippen LogP contribution in [0, 0.1) is 5.82 Å². The molecule has 4 N–H and O–H groups in total. The molecule has 6 nitrogen and oxygen atoms in total. The number of rotatable bonds is 5. The van der Waals surface area contributed by atoms with Crippen LogP contribution in [0.25, 0.3) is 0 Å². The Kier molecular flexibility index (Phi) is 5.11. The Hall–Kier alpha value is -1.83. The number of hydrogen-bond acceptors (Lipinski definition) is 4. The molecule has 19 heavy (non-hydrogen) atoms. The summed E-state index contributed by atoms with van der Waals surface area (Å²) in [5, 5.41) is 2.36. The number of nitrogens with one attached hydrogen (secondary N) is 2. The average Bonchev–Trinajstić information content (AvgIpc) is 2.27. The molecule has 0 aliphatic rings. The molecule has 1 rings (SSSR count). The van der Waals surface area contributed by atoms with Gasteiger partial charge in [-0.3, -0.25) is 0 Å². The topological polar surface area (TPSA) is 101 Å². The number of hydrogen-bond donors (Lipinski definition) is 3. The number of unbranched alkanes of at least 4 members (excludes halogenated alkanes) is 1. The zero-order valence-corrected chi connectivity index (χ0v) is 11.3. The van der Waals surface area contributed by atoms with Gasteiger partial charge in [-0.15, -0.1) is 0 Å². The number of anilines is 1. The van der Waals surface area contributed by atoms with E-state index in [1.165, 1.54) is 12.1 Å². The molecule has 2 amide bonds. The summed E-state index contributed by atoms with van der Waals surface area (Å²) in [6.45, 7) is 2.26. The highest BCUT2D eigenvalue weighted by Crippen LogP contribution is 2.21. The first-order valence-electron chi connectivity index (χ1n) is 5.73. The average molecular weight is 289 g/mol. The van der Waals surface area contributed by atoms with E-state index in [0.717, 1.165) is 18.9 Å². The van der Waals surface area contributed by atoms with Gasteiger partial charge in [-0.1, -0.05) is 19.4 Å². The number of urea groups is 1. The minimum absolute atomic E-state index is 0.256. The lowest BCUT2D eigenvalue weighted by molar-refractivity contribution is 0.245. The fourth-order valence-electron chi connectivity index (χ4n) is 1.40. The summed E-state index contributed by atoms with van der Waals surface area (Å²) in [6.07, 6.45) is 1.57. The largest absolute Gasteiger partial charge is 0.398 e. The molecular weight excluding hydrogens is 273 g/mol. The zero-order valence-electron chi connectivity index (χ0n) is 10.4. The van der Waals surface area contributed by atoms with Gasteiger partial charge in [-0.05, 0) is 18.6 Å². The molecule has 0 radical (unpaired) electrons. The first kappa shape index (κ1) is 15.2. The van der Waals surface area contributed by atoms with Gasteiger partial charge in [0, 0.05) is 6.54 Å². The number of amides is 2. The Labute approximate surface area is 111 Å². The minimum Gasteiger partial charge on any atom is -0.398 e. The molecule has 0 unspecified atom stereocenters. The summed E-state index contributed by atoms with van der Waals surface area (Å²) in [6, 6.07) is 2.58. The van der Waals surface area contributed by atoms with Crippen molar-refractivity contribution in [2.45, 2.75) is 24.7 Å². The molecule has 0 saturated heterocycles. The first-order chi connectivity index (χ1) is 8.88. The zero-order chi connectivity index (χ0) is 14.5. The maximum atomic E-state index is 13.5. The minimum atomic E-state index is -4.32. The van der Waals surface area contributed by atoms with Crippen molar-refractivity contribution in [3.8, 4) is 0 Å². The third kappa shape index (κ3) is 4.09. The number of carbonyl (C=O) groups is 1. The van der Waals surface area contributed by atoms with Gasteiger partial charge in [0.1, 0.15) is 10.7 Å². The molecule has 0 spiro atoms. The van der Waals surface area contributed by atoms with E-state index in [4.69, 9.17) is 5.73 Å². The molecule has 0 fully saturated rings. The van der Waals surface area contributed by atoms with Gasteiger partial charge >= 0.3 is 6.03 Å². The number of halogens is 1. The lowest BCUT2D eigenvalue weighted by atomic mass is 10.3. The second-order valence-corrected chi connectivity index (χ2v) is 5.49. The molecule has 0 aromatic heterocycles. The molecule has 0 atom stereocenters. The molecule has 1 aromatic carbocycles. The molecule has 106 valence electrons. The van der Waals surface area contributed by atoms with E-state index in [1.54, 1.807) is 4.72 Å². The molecule has 0 bridgehead atoms. The normalized spacial score (nSPS) is 11.1. The van der Waals surface area contributed by atoms with Gasteiger partial charge in [-0.2, -0.15) is 0 Å². The maximum Gasteiger partial charge on any atom is 0.328 e. The van der Waals surface area contributed by atoms with Crippen LogP contribution in [-0.2, 0) is 10.0 Å². The highest BCUT2D eigenvalue weighted by molar-refractivity contribution is 7.90. The summed E-state index contributed by atoms with van der Waals surface area (Å²) >= 11 is 0. The van der Waals surface area contributed by atoms with E-state index in [0.29, 0.717) is 6.54 Å². The molecule has 0 aliphatic carbocycles. The van der Waals surface area contributed by atoms with Gasteiger partial charge in [-0.25, -0.2) is 22.3 Å². The van der Waals surface area contributed by atoms with Crippen molar-refractivity contribution in [1.82, 2.24) is 10.0 Å². The van der Waals surface area contributed by atoms with Crippen molar-refractivity contribution >= 4 is 21.7 Å². The standard InChI is InChI=1S/C11H16FN3O3S/c1-2-3-7-14-11(16)15-19(17,18)10-8(12)5-4-6-9(10)13/h4-6H,2-3,7,13H2,1H3,(H2,14,15,16). The van der Waals surface area contributed by atoms with E-state index in [9.17, 15) is 17.6 Å². The number of nitrogen functional groups attached to an aromatic ring is 1. The van der Waals surface area contributed by atoms with E-state index >= 15 is 0 Å². The summed E-state index contributed by atoms with van der Waals surface area (Å²) in [4.78, 5) is 10.6. The molecular formula is C11H16FN3O3S. The lowest BCUT2D eigenvalue weighted by Gasteiger charge is -2.10. The molecule has 0 saturated carbocycles. The van der Waals surface area contributed by atoms with Gasteiger partial charge in [0.25, 0.3) is 10.0 Å². The van der Waals surface area contributed by atoms with Crippen LogP contribution in [0.5, 0.6) is 0 Å². The number of sulfonamides is 1. The van der Waals surface area contributed by atoms with Crippen molar-refractivity contribution in [1.29, 1.82) is 0 Å². The second kappa shape index (κ2) is 6.37. The fraction of sp³-hybridized carbons (Fsp3) is 0.364. The smallest absolute Gasteiger partial charge is 0.328 e. The van der Waals surface area contributed by atoms with Crippen molar-refractivity contribution in [2.24, 2.45) is 0 Å². The fourth-order valence-corrected chi connectivity index (χ4v) is 2.52. The first-order valence-corrected chi connectivity index (χ1v) is 7.21. The van der Waals surface area contributed by atoms with Gasteiger partial charge in [0.05, 0.1) is 5.69 Å². The Morgan fingerprint density at radius 1 is 1.42 bits per heavy atom. The van der Waals surface area contributed by atoms with E-state index in [1.807, 2.05) is 6.92 Å². The summed E-state index contributed by atoms with van der Waals surface area (Å²) < 4.78 is 38.8. The van der Waals surface area contributed by atoms with Crippen LogP contribution in [-0.4, -0.2) is 21.0 Å². The van der Waals surface area contributed by atoms with Crippen molar-refractivity contribution in [3.63, 3.8) is 0 Å². The number of nitrogens with two attached hydrogens (primary N) is 1. The van der Waals surface area contributed by atoms with Crippen molar-refractivity contribution < 1.29 is 17.6 Å². The molecule has 0 aliphatic heterocycles. The van der Waals surface area contributed by atoms with Crippen molar-refractivity contribution in [2.75, 3.05) is 12.3 Å². The SMILES string of the molecule is CCCCNC(=O)NS(=O)(=O)c1c(N)cccc1F. The van der Waals surface area contributed by atoms with Crippen LogP contribution in [0.3, 0.4) is 0 Å². The maximum absolute atomic E-state index is 13.5. The van der Waals surface area contributed by atoms with Gasteiger partial charge in [0.15, 0.2) is 0 Å². The van der Waals surface area contributed by atoms with Crippen LogP contribution in [0.4, 0.5) is 14.9 Å². The summed E-state index contributed by atoms with van der Waals surface area (Å²) in [5.74, 6) is -1.01. The van der Waals surface area contributed by atoms with Crippen LogP contribution in [0.2, 0.25) is 0 Å². The highest BCUT2D eigenvalue weighted by Gasteiger charge is 2.24. The molecule has 8 heteroatoms. The summed E-state index contributed by atoms with van der Waals surface area (Å²) in [5.41, 5.74) is 5.16. The van der Waals surface area contributed by atoms with E-state index in [-0.39, 0.29) is 5.69 Å². The van der Waals surface area contributed by atoms with Crippen LogP contribution in [0.15, 0.2) is 23.1 Å². The number of carbonyl (C=O) groups excluding carboxylic acids is 1. The lowest BCUT2D eigenvalue weighted by Crippen LogP contribution is -2.40. The highest BCUT2D eigenvalue weighted by atomic mass is 32.2. The van der Waals surface area contributed by atoms with Gasteiger partial charge < -0.3 is 11.1 Å². The summed E-state index contributed by atoms with van der Waals surface area (Å²) in [7, 11) is -4.32. The Morgan fingerprint density at radius 3 is 2.68 bits per heavy atom. The van der Waals surface area contributed by atoms with Crippen molar-refractivity contribution in [3.05, 3.63) is 24.0 Å². The predicted octanol–water partition coefficient (Wildman–Crippen LogP) is 1.20. The van der Waals surface area contributed by atoms with E-state index in [2.05, 4.69) is 5.32 Å². The van der Waals surface area contributed by atoms with Crippen LogP contribution < -0.4 is 15.8 Å². The van der Waals surface area contributed by atoms with E-state index < -0.39 is 26.8 Å². The van der Waals surface area contributed by atoms with Crippen LogP contribution in [0.1, 0.15) is 19.8 Å². The Bertz CT molecular complexity index is 540.